The Morgan fingerprint density at radius 3 is 2.62 bits per heavy atom. The Morgan fingerprint density at radius 2 is 2.00 bits per heavy atom. The number of benzene rings is 1. The third kappa shape index (κ3) is 4.41. The molecule has 0 radical (unpaired) electrons. The van der Waals surface area contributed by atoms with Gasteiger partial charge in [0, 0.05) is 24.7 Å². The lowest BCUT2D eigenvalue weighted by Crippen LogP contribution is -2.37. The van der Waals surface area contributed by atoms with Crippen LogP contribution in [-0.4, -0.2) is 15.8 Å². The predicted molar refractivity (Wildman–Crippen MR) is 86.9 cm³/mol. The van der Waals surface area contributed by atoms with Crippen LogP contribution in [-0.2, 0) is 12.8 Å². The molecule has 1 unspecified atom stereocenters. The minimum absolute atomic E-state index is 0.250. The first-order chi connectivity index (χ1) is 10.1. The molecule has 1 atom stereocenters. The maximum absolute atomic E-state index is 5.70. The lowest BCUT2D eigenvalue weighted by molar-refractivity contribution is 0.474. The second kappa shape index (κ2) is 7.38. The molecule has 2 aromatic rings. The van der Waals surface area contributed by atoms with Crippen LogP contribution < -0.4 is 11.3 Å². The highest BCUT2D eigenvalue weighted by molar-refractivity contribution is 5.25. The van der Waals surface area contributed by atoms with Crippen molar-refractivity contribution in [2.24, 2.45) is 5.84 Å². The maximum Gasteiger partial charge on any atom is 0.0640 e. The third-order valence-corrected chi connectivity index (χ3v) is 3.91. The van der Waals surface area contributed by atoms with Crippen LogP contribution in [0.15, 0.2) is 36.5 Å². The molecule has 21 heavy (non-hydrogen) atoms. The topological polar surface area (TPSA) is 55.9 Å². The predicted octanol–water partition coefficient (Wildman–Crippen LogP) is 2.78. The Bertz CT molecular complexity index is 559. The molecule has 1 aromatic carbocycles. The number of nitrogens with zero attached hydrogens (tertiary/aromatic N) is 2. The van der Waals surface area contributed by atoms with Crippen molar-refractivity contribution < 1.29 is 0 Å². The summed E-state index contributed by atoms with van der Waals surface area (Å²) in [6, 6.07) is 11.3. The van der Waals surface area contributed by atoms with Crippen molar-refractivity contribution in [1.82, 2.24) is 15.2 Å². The van der Waals surface area contributed by atoms with Gasteiger partial charge in [0.2, 0.25) is 0 Å². The molecule has 4 nitrogen and oxygen atoms in total. The average Bonchev–Trinajstić information content (AvgIpc) is 2.93. The van der Waals surface area contributed by atoms with E-state index in [2.05, 4.69) is 61.6 Å². The summed E-state index contributed by atoms with van der Waals surface area (Å²) in [6.07, 6.45) is 4.94. The Kier molecular flexibility index (Phi) is 5.53. The van der Waals surface area contributed by atoms with Gasteiger partial charge in [-0.25, -0.2) is 0 Å². The quantitative estimate of drug-likeness (QED) is 0.608. The molecule has 0 saturated carbocycles. The van der Waals surface area contributed by atoms with Gasteiger partial charge < -0.3 is 0 Å². The summed E-state index contributed by atoms with van der Waals surface area (Å²) < 4.78 is 1.99. The fraction of sp³-hybridized carbons (Fsp3) is 0.471. The van der Waals surface area contributed by atoms with Crippen LogP contribution in [0.2, 0.25) is 0 Å². The summed E-state index contributed by atoms with van der Waals surface area (Å²) in [5, 5.41) is 4.59. The highest BCUT2D eigenvalue weighted by atomic mass is 15.3. The minimum atomic E-state index is 0.250. The maximum atomic E-state index is 5.70. The van der Waals surface area contributed by atoms with E-state index in [0.717, 1.165) is 25.0 Å². The van der Waals surface area contributed by atoms with E-state index < -0.39 is 0 Å². The number of nitrogens with two attached hydrogens (primary N) is 1. The zero-order valence-electron chi connectivity index (χ0n) is 13.2. The zero-order chi connectivity index (χ0) is 15.2. The summed E-state index contributed by atoms with van der Waals surface area (Å²) in [5.41, 5.74) is 6.76. The molecule has 0 aliphatic heterocycles. The number of hydrazine groups is 1. The minimum Gasteiger partial charge on any atom is -0.271 e. The average molecular weight is 286 g/mol. The van der Waals surface area contributed by atoms with Crippen molar-refractivity contribution in [2.45, 2.75) is 52.1 Å². The molecule has 0 amide bonds. The Balaban J connectivity index is 1.92. The molecule has 3 N–H and O–H groups in total. The largest absolute Gasteiger partial charge is 0.271 e. The normalized spacial score (nSPS) is 12.8. The monoisotopic (exact) mass is 286 g/mol. The van der Waals surface area contributed by atoms with E-state index in [1.807, 2.05) is 10.9 Å². The van der Waals surface area contributed by atoms with Gasteiger partial charge in [0.1, 0.15) is 0 Å². The van der Waals surface area contributed by atoms with E-state index in [9.17, 15) is 0 Å². The molecular formula is C17H26N4. The third-order valence-electron chi connectivity index (χ3n) is 3.91. The Hall–Kier alpha value is -1.65. The van der Waals surface area contributed by atoms with Crippen molar-refractivity contribution in [2.75, 3.05) is 0 Å². The van der Waals surface area contributed by atoms with Gasteiger partial charge in [0.05, 0.1) is 5.69 Å². The van der Waals surface area contributed by atoms with Crippen LogP contribution in [0, 0.1) is 6.92 Å². The fourth-order valence-corrected chi connectivity index (χ4v) is 2.49. The van der Waals surface area contributed by atoms with Gasteiger partial charge >= 0.3 is 0 Å². The number of hydrogen-bond acceptors (Lipinski definition) is 3. The van der Waals surface area contributed by atoms with Gasteiger partial charge in [-0.2, -0.15) is 5.10 Å². The van der Waals surface area contributed by atoms with Gasteiger partial charge in [-0.1, -0.05) is 24.3 Å². The number of nitrogens with one attached hydrogen (secondary N) is 1. The molecule has 114 valence electrons. The standard InChI is InChI=1S/C17H26N4/c1-13(2)21-11-10-17(20-21)12-16(19-18)9-8-15-7-5-4-6-14(15)3/h4-7,10-11,13,16,19H,8-9,12,18H2,1-3H3. The Morgan fingerprint density at radius 1 is 1.24 bits per heavy atom. The number of aryl methyl sites for hydroxylation is 2. The van der Waals surface area contributed by atoms with E-state index in [4.69, 9.17) is 5.84 Å². The van der Waals surface area contributed by atoms with Crippen LogP contribution in [0.1, 0.15) is 43.1 Å². The summed E-state index contributed by atoms with van der Waals surface area (Å²) >= 11 is 0. The molecule has 4 heteroatoms. The summed E-state index contributed by atoms with van der Waals surface area (Å²) in [6.45, 7) is 6.42. The van der Waals surface area contributed by atoms with Crippen LogP contribution >= 0.6 is 0 Å². The molecule has 0 bridgehead atoms. The molecule has 0 saturated heterocycles. The Labute approximate surface area is 127 Å². The number of hydrogen-bond donors (Lipinski definition) is 2. The number of aromatic nitrogens is 2. The molecule has 0 aliphatic rings. The highest BCUT2D eigenvalue weighted by Crippen LogP contribution is 2.13. The van der Waals surface area contributed by atoms with E-state index >= 15 is 0 Å². The van der Waals surface area contributed by atoms with Crippen molar-refractivity contribution >= 4 is 0 Å². The molecule has 1 aromatic heterocycles. The second-order valence-corrected chi connectivity index (χ2v) is 5.91. The highest BCUT2D eigenvalue weighted by Gasteiger charge is 2.11. The van der Waals surface area contributed by atoms with Crippen molar-refractivity contribution in [3.8, 4) is 0 Å². The summed E-state index contributed by atoms with van der Waals surface area (Å²) in [5.74, 6) is 5.70. The summed E-state index contributed by atoms with van der Waals surface area (Å²) in [7, 11) is 0. The lowest BCUT2D eigenvalue weighted by Gasteiger charge is -2.15. The van der Waals surface area contributed by atoms with Gasteiger partial charge in [0.25, 0.3) is 0 Å². The zero-order valence-corrected chi connectivity index (χ0v) is 13.2. The molecular weight excluding hydrogens is 260 g/mol. The van der Waals surface area contributed by atoms with Gasteiger partial charge in [-0.15, -0.1) is 0 Å². The van der Waals surface area contributed by atoms with Crippen molar-refractivity contribution in [3.05, 3.63) is 53.3 Å². The van der Waals surface area contributed by atoms with E-state index in [1.54, 1.807) is 0 Å². The van der Waals surface area contributed by atoms with Gasteiger partial charge in [0.15, 0.2) is 0 Å². The second-order valence-electron chi connectivity index (χ2n) is 5.91. The van der Waals surface area contributed by atoms with Gasteiger partial charge in [-0.05, 0) is 50.8 Å². The first-order valence-corrected chi connectivity index (χ1v) is 7.65. The summed E-state index contributed by atoms with van der Waals surface area (Å²) in [4.78, 5) is 0. The van der Waals surface area contributed by atoms with E-state index in [1.165, 1.54) is 11.1 Å². The van der Waals surface area contributed by atoms with Gasteiger partial charge in [-0.3, -0.25) is 16.0 Å². The SMILES string of the molecule is Cc1ccccc1CCC(Cc1ccn(C(C)C)n1)NN. The molecule has 0 spiro atoms. The smallest absolute Gasteiger partial charge is 0.0640 e. The van der Waals surface area contributed by atoms with Crippen molar-refractivity contribution in [1.29, 1.82) is 0 Å². The van der Waals surface area contributed by atoms with Crippen LogP contribution in [0.25, 0.3) is 0 Å². The number of rotatable bonds is 7. The molecule has 1 heterocycles. The van der Waals surface area contributed by atoms with Crippen LogP contribution in [0.3, 0.4) is 0 Å². The fourth-order valence-electron chi connectivity index (χ4n) is 2.49. The van der Waals surface area contributed by atoms with Crippen LogP contribution in [0.4, 0.5) is 0 Å². The van der Waals surface area contributed by atoms with Crippen LogP contribution in [0.5, 0.6) is 0 Å². The lowest BCUT2D eigenvalue weighted by atomic mass is 9.99. The van der Waals surface area contributed by atoms with E-state index in [0.29, 0.717) is 6.04 Å². The molecule has 0 fully saturated rings. The first-order valence-electron chi connectivity index (χ1n) is 7.65. The van der Waals surface area contributed by atoms with Crippen molar-refractivity contribution in [3.63, 3.8) is 0 Å². The molecule has 2 rings (SSSR count). The molecule has 0 aliphatic carbocycles. The first kappa shape index (κ1) is 15.7. The van der Waals surface area contributed by atoms with E-state index in [-0.39, 0.29) is 6.04 Å².